The van der Waals surface area contributed by atoms with Gasteiger partial charge >= 0.3 is 0 Å². The molecule has 0 bridgehead atoms. The number of rotatable bonds is 4. The predicted molar refractivity (Wildman–Crippen MR) is 65.5 cm³/mol. The van der Waals surface area contributed by atoms with Gasteiger partial charge in [-0.05, 0) is 24.3 Å². The first-order valence-electron chi connectivity index (χ1n) is 5.63. The van der Waals surface area contributed by atoms with Gasteiger partial charge in [-0.1, -0.05) is 0 Å². The van der Waals surface area contributed by atoms with Crippen molar-refractivity contribution in [2.45, 2.75) is 6.42 Å². The lowest BCUT2D eigenvalue weighted by Gasteiger charge is -2.07. The highest BCUT2D eigenvalue weighted by Gasteiger charge is 2.15. The minimum absolute atomic E-state index is 0.252. The zero-order valence-electron chi connectivity index (χ0n) is 9.95. The smallest absolute Gasteiger partial charge is 0.254 e. The molecule has 0 saturated carbocycles. The number of amides is 1. The van der Waals surface area contributed by atoms with E-state index in [9.17, 15) is 13.6 Å². The van der Waals surface area contributed by atoms with Crippen molar-refractivity contribution in [2.24, 2.45) is 0 Å². The zero-order chi connectivity index (χ0) is 13.8. The third-order valence-corrected chi connectivity index (χ3v) is 2.55. The van der Waals surface area contributed by atoms with Gasteiger partial charge in [-0.25, -0.2) is 8.78 Å². The summed E-state index contributed by atoms with van der Waals surface area (Å²) >= 11 is 0. The summed E-state index contributed by atoms with van der Waals surface area (Å²) in [5.74, 6) is -1.69. The van der Waals surface area contributed by atoms with Crippen LogP contribution in [0.15, 0.2) is 34.9 Å². The number of hydrogen-bond donors (Lipinski definition) is 2. The molecule has 2 aromatic rings. The highest BCUT2D eigenvalue weighted by Crippen LogP contribution is 2.17. The normalized spacial score (nSPS) is 10.4. The van der Waals surface area contributed by atoms with Crippen LogP contribution in [0.25, 0.3) is 0 Å². The minimum Gasteiger partial charge on any atom is -0.469 e. The van der Waals surface area contributed by atoms with Gasteiger partial charge in [0, 0.05) is 13.0 Å². The van der Waals surface area contributed by atoms with Gasteiger partial charge in [0.25, 0.3) is 5.91 Å². The number of halogens is 2. The zero-order valence-corrected chi connectivity index (χ0v) is 9.95. The number of carbonyl (C=O) groups is 1. The van der Waals surface area contributed by atoms with Crippen LogP contribution in [0.3, 0.4) is 0 Å². The maximum absolute atomic E-state index is 13.6. The quantitative estimate of drug-likeness (QED) is 0.833. The van der Waals surface area contributed by atoms with Crippen LogP contribution < -0.4 is 11.1 Å². The van der Waals surface area contributed by atoms with Crippen LogP contribution in [-0.2, 0) is 6.42 Å². The maximum atomic E-state index is 13.6. The van der Waals surface area contributed by atoms with Crippen LogP contribution in [0.5, 0.6) is 0 Å². The topological polar surface area (TPSA) is 68.3 Å². The number of furan rings is 1. The molecule has 2 rings (SSSR count). The maximum Gasteiger partial charge on any atom is 0.254 e. The fourth-order valence-corrected chi connectivity index (χ4v) is 1.62. The van der Waals surface area contributed by atoms with Gasteiger partial charge in [-0.3, -0.25) is 4.79 Å². The summed E-state index contributed by atoms with van der Waals surface area (Å²) in [6, 6.07) is 5.12. The molecule has 100 valence electrons. The van der Waals surface area contributed by atoms with E-state index in [4.69, 9.17) is 10.2 Å². The van der Waals surface area contributed by atoms with E-state index in [1.165, 1.54) is 6.26 Å². The molecule has 3 N–H and O–H groups in total. The lowest BCUT2D eigenvalue weighted by atomic mass is 10.1. The molecule has 0 unspecified atom stereocenters. The molecular formula is C13H12F2N2O2. The number of nitrogen functional groups attached to an aromatic ring is 1. The molecule has 0 radical (unpaired) electrons. The molecule has 1 heterocycles. The van der Waals surface area contributed by atoms with Crippen molar-refractivity contribution in [2.75, 3.05) is 12.3 Å². The van der Waals surface area contributed by atoms with E-state index in [1.54, 1.807) is 12.1 Å². The summed E-state index contributed by atoms with van der Waals surface area (Å²) in [6.07, 6.45) is 1.98. The summed E-state index contributed by atoms with van der Waals surface area (Å²) in [5, 5.41) is 2.47. The molecule has 4 nitrogen and oxygen atoms in total. The molecule has 0 aliphatic rings. The SMILES string of the molecule is Nc1cc(F)cc(C(=O)NCCc2ccco2)c1F. The van der Waals surface area contributed by atoms with E-state index >= 15 is 0 Å². The van der Waals surface area contributed by atoms with Crippen LogP contribution in [0.4, 0.5) is 14.5 Å². The number of hydrogen-bond acceptors (Lipinski definition) is 3. The number of benzene rings is 1. The van der Waals surface area contributed by atoms with Gasteiger partial charge in [0.15, 0.2) is 5.82 Å². The van der Waals surface area contributed by atoms with Gasteiger partial charge in [0.05, 0.1) is 17.5 Å². The number of carbonyl (C=O) groups excluding carboxylic acids is 1. The Balaban J connectivity index is 2.00. The van der Waals surface area contributed by atoms with Crippen LogP contribution in [-0.4, -0.2) is 12.5 Å². The van der Waals surface area contributed by atoms with E-state index in [-0.39, 0.29) is 6.54 Å². The van der Waals surface area contributed by atoms with Crippen molar-refractivity contribution in [1.29, 1.82) is 0 Å². The molecule has 1 aromatic heterocycles. The minimum atomic E-state index is -0.920. The third kappa shape index (κ3) is 3.09. The average Bonchev–Trinajstić information content (AvgIpc) is 2.86. The first-order valence-corrected chi connectivity index (χ1v) is 5.63. The molecule has 1 amide bonds. The summed E-state index contributed by atoms with van der Waals surface area (Å²) in [4.78, 5) is 11.7. The molecular weight excluding hydrogens is 254 g/mol. The summed E-state index contributed by atoms with van der Waals surface area (Å²) in [7, 11) is 0. The summed E-state index contributed by atoms with van der Waals surface area (Å²) < 4.78 is 31.7. The first-order chi connectivity index (χ1) is 9.08. The Labute approximate surface area is 108 Å². The highest BCUT2D eigenvalue weighted by atomic mass is 19.1. The molecule has 1 aromatic carbocycles. The Bertz CT molecular complexity index is 583. The molecule has 0 fully saturated rings. The molecule has 19 heavy (non-hydrogen) atoms. The fourth-order valence-electron chi connectivity index (χ4n) is 1.62. The second kappa shape index (κ2) is 5.51. The van der Waals surface area contributed by atoms with Gasteiger partial charge in [-0.15, -0.1) is 0 Å². The molecule has 0 saturated heterocycles. The number of anilines is 1. The Hall–Kier alpha value is -2.37. The number of nitrogens with two attached hydrogens (primary N) is 1. The summed E-state index contributed by atoms with van der Waals surface area (Å²) in [6.45, 7) is 0.252. The Morgan fingerprint density at radius 2 is 2.16 bits per heavy atom. The fraction of sp³-hybridized carbons (Fsp3) is 0.154. The van der Waals surface area contributed by atoms with Gasteiger partial charge in [0.2, 0.25) is 0 Å². The molecule has 6 heteroatoms. The van der Waals surface area contributed by atoms with Crippen LogP contribution in [0.2, 0.25) is 0 Å². The summed E-state index contributed by atoms with van der Waals surface area (Å²) in [5.41, 5.74) is 4.46. The standard InChI is InChI=1S/C13H12F2N2O2/c14-8-6-10(12(15)11(16)7-8)13(18)17-4-3-9-2-1-5-19-9/h1-2,5-7H,3-4,16H2,(H,17,18). The lowest BCUT2D eigenvalue weighted by molar-refractivity contribution is 0.0949. The molecule has 0 atom stereocenters. The monoisotopic (exact) mass is 266 g/mol. The second-order valence-electron chi connectivity index (χ2n) is 3.94. The van der Waals surface area contributed by atoms with E-state index in [0.29, 0.717) is 12.2 Å². The second-order valence-corrected chi connectivity index (χ2v) is 3.94. The largest absolute Gasteiger partial charge is 0.469 e. The van der Waals surface area contributed by atoms with E-state index < -0.39 is 28.8 Å². The van der Waals surface area contributed by atoms with Crippen molar-refractivity contribution in [1.82, 2.24) is 5.32 Å². The predicted octanol–water partition coefficient (Wildman–Crippen LogP) is 2.11. The highest BCUT2D eigenvalue weighted by molar-refractivity contribution is 5.95. The Kier molecular flexibility index (Phi) is 3.79. The molecule has 0 aliphatic heterocycles. The Morgan fingerprint density at radius 1 is 1.37 bits per heavy atom. The lowest BCUT2D eigenvalue weighted by Crippen LogP contribution is -2.27. The first kappa shape index (κ1) is 13.1. The third-order valence-electron chi connectivity index (χ3n) is 2.55. The van der Waals surface area contributed by atoms with Crippen LogP contribution in [0.1, 0.15) is 16.1 Å². The van der Waals surface area contributed by atoms with E-state index in [0.717, 1.165) is 12.1 Å². The van der Waals surface area contributed by atoms with E-state index in [1.807, 2.05) is 0 Å². The average molecular weight is 266 g/mol. The van der Waals surface area contributed by atoms with Crippen molar-refractivity contribution >= 4 is 11.6 Å². The molecule has 0 aliphatic carbocycles. The molecule has 0 spiro atoms. The van der Waals surface area contributed by atoms with Crippen molar-refractivity contribution in [3.63, 3.8) is 0 Å². The van der Waals surface area contributed by atoms with Gasteiger partial charge < -0.3 is 15.5 Å². The van der Waals surface area contributed by atoms with E-state index in [2.05, 4.69) is 5.32 Å². The van der Waals surface area contributed by atoms with Crippen LogP contribution >= 0.6 is 0 Å². The van der Waals surface area contributed by atoms with Crippen molar-refractivity contribution in [3.05, 3.63) is 53.5 Å². The van der Waals surface area contributed by atoms with Gasteiger partial charge in [0.1, 0.15) is 11.6 Å². The van der Waals surface area contributed by atoms with Crippen molar-refractivity contribution in [3.8, 4) is 0 Å². The van der Waals surface area contributed by atoms with Crippen LogP contribution in [0, 0.1) is 11.6 Å². The Morgan fingerprint density at radius 3 is 2.84 bits per heavy atom. The van der Waals surface area contributed by atoms with Crippen molar-refractivity contribution < 1.29 is 18.0 Å². The van der Waals surface area contributed by atoms with Gasteiger partial charge in [-0.2, -0.15) is 0 Å². The number of nitrogens with one attached hydrogen (secondary N) is 1.